The third-order valence-electron chi connectivity index (χ3n) is 5.16. The Labute approximate surface area is 148 Å². The molecule has 0 fully saturated rings. The molecule has 0 spiro atoms. The molecule has 1 aliphatic rings. The van der Waals surface area contributed by atoms with Gasteiger partial charge in [0.1, 0.15) is 5.82 Å². The Hall–Kier alpha value is -3.15. The first-order chi connectivity index (χ1) is 12.7. The highest BCUT2D eigenvalue weighted by Gasteiger charge is 2.27. The van der Waals surface area contributed by atoms with E-state index in [0.717, 1.165) is 52.3 Å². The number of aromatic amines is 2. The summed E-state index contributed by atoms with van der Waals surface area (Å²) in [6.45, 7) is 0. The van der Waals surface area contributed by atoms with Crippen LogP contribution in [0.4, 0.5) is 4.39 Å². The highest BCUT2D eigenvalue weighted by molar-refractivity contribution is 6.04. The predicted octanol–water partition coefficient (Wildman–Crippen LogP) is 3.99. The van der Waals surface area contributed by atoms with E-state index < -0.39 is 0 Å². The maximum absolute atomic E-state index is 13.6. The van der Waals surface area contributed by atoms with Crippen molar-refractivity contribution >= 4 is 27.7 Å². The van der Waals surface area contributed by atoms with Gasteiger partial charge < -0.3 is 10.3 Å². The van der Waals surface area contributed by atoms with Crippen LogP contribution in [0.5, 0.6) is 0 Å². The van der Waals surface area contributed by atoms with Crippen LogP contribution in [0, 0.1) is 5.82 Å². The maximum atomic E-state index is 13.6. The molecule has 0 unspecified atom stereocenters. The summed E-state index contributed by atoms with van der Waals surface area (Å²) in [6.07, 6.45) is 2.68. The summed E-state index contributed by atoms with van der Waals surface area (Å²) in [6, 6.07) is 12.2. The van der Waals surface area contributed by atoms with Crippen molar-refractivity contribution in [2.24, 2.45) is 0 Å². The summed E-state index contributed by atoms with van der Waals surface area (Å²) >= 11 is 0. The molecule has 0 radical (unpaired) electrons. The summed E-state index contributed by atoms with van der Waals surface area (Å²) in [5.74, 6) is -0.446. The van der Waals surface area contributed by atoms with E-state index in [1.54, 1.807) is 12.1 Å². The third kappa shape index (κ3) is 2.29. The average Bonchev–Trinajstić information content (AvgIpc) is 3.24. The predicted molar refractivity (Wildman–Crippen MR) is 97.5 cm³/mol. The molecule has 0 bridgehead atoms. The van der Waals surface area contributed by atoms with Gasteiger partial charge in [0, 0.05) is 22.0 Å². The minimum atomic E-state index is -0.242. The Morgan fingerprint density at radius 3 is 2.96 bits per heavy atom. The molecule has 0 saturated heterocycles. The van der Waals surface area contributed by atoms with Crippen LogP contribution in [0.25, 0.3) is 21.8 Å². The Morgan fingerprint density at radius 1 is 1.15 bits per heavy atom. The van der Waals surface area contributed by atoms with E-state index in [2.05, 4.69) is 20.5 Å². The number of rotatable bonds is 2. The van der Waals surface area contributed by atoms with Crippen molar-refractivity contribution in [3.05, 3.63) is 65.2 Å². The smallest absolute Gasteiger partial charge is 0.272 e. The van der Waals surface area contributed by atoms with Crippen molar-refractivity contribution in [3.8, 4) is 0 Å². The monoisotopic (exact) mass is 348 g/mol. The lowest BCUT2D eigenvalue weighted by Crippen LogP contribution is -2.31. The summed E-state index contributed by atoms with van der Waals surface area (Å²) in [7, 11) is 0. The molecule has 4 aromatic rings. The second-order valence-electron chi connectivity index (χ2n) is 6.74. The van der Waals surface area contributed by atoms with Gasteiger partial charge in [0.2, 0.25) is 0 Å². The van der Waals surface area contributed by atoms with Gasteiger partial charge >= 0.3 is 0 Å². The summed E-state index contributed by atoms with van der Waals surface area (Å²) in [4.78, 5) is 16.2. The van der Waals surface area contributed by atoms with Crippen LogP contribution in [0.15, 0.2) is 42.5 Å². The molecule has 2 aromatic heterocycles. The fourth-order valence-corrected chi connectivity index (χ4v) is 3.94. The quantitative estimate of drug-likeness (QED) is 0.512. The number of hydrogen-bond acceptors (Lipinski definition) is 2. The number of nitrogens with zero attached hydrogens (tertiary/aromatic N) is 1. The number of carbonyl (C=O) groups is 1. The SMILES string of the molecule is O=C(N[C@H]1CCCc2c1[nH]c1ccc(F)cc21)c1n[nH]c2ccccc12. The number of H-pyrrole nitrogens is 2. The molecular weight excluding hydrogens is 331 g/mol. The first-order valence-corrected chi connectivity index (χ1v) is 8.74. The zero-order valence-electron chi connectivity index (χ0n) is 14.0. The molecule has 0 saturated carbocycles. The number of nitrogens with one attached hydrogen (secondary N) is 3. The first kappa shape index (κ1) is 15.1. The summed E-state index contributed by atoms with van der Waals surface area (Å²) in [5.41, 5.74) is 4.22. The van der Waals surface area contributed by atoms with Crippen LogP contribution >= 0.6 is 0 Å². The third-order valence-corrected chi connectivity index (χ3v) is 5.16. The standard InChI is InChI=1S/C20H17FN4O/c21-11-8-9-15-14(10-11)12-5-3-7-17(18(12)22-15)23-20(26)19-13-4-1-2-6-16(13)24-25-19/h1-2,4,6,8-10,17,22H,3,5,7H2,(H,23,26)(H,24,25)/t17-/m0/s1. The fraction of sp³-hybridized carbons (Fsp3) is 0.200. The number of benzene rings is 2. The molecular formula is C20H17FN4O. The first-order valence-electron chi connectivity index (χ1n) is 8.74. The topological polar surface area (TPSA) is 73.6 Å². The molecule has 5 rings (SSSR count). The Bertz CT molecular complexity index is 1140. The lowest BCUT2D eigenvalue weighted by atomic mass is 9.91. The van der Waals surface area contributed by atoms with Gasteiger partial charge in [0.15, 0.2) is 5.69 Å². The molecule has 0 aliphatic heterocycles. The van der Waals surface area contributed by atoms with Gasteiger partial charge in [-0.3, -0.25) is 9.89 Å². The molecule has 6 heteroatoms. The van der Waals surface area contributed by atoms with Crippen molar-refractivity contribution < 1.29 is 9.18 Å². The number of aryl methyl sites for hydroxylation is 1. The molecule has 3 N–H and O–H groups in total. The zero-order valence-corrected chi connectivity index (χ0v) is 14.0. The second kappa shape index (κ2) is 5.69. The van der Waals surface area contributed by atoms with Crippen molar-refractivity contribution in [2.45, 2.75) is 25.3 Å². The van der Waals surface area contributed by atoms with Crippen LogP contribution < -0.4 is 5.32 Å². The van der Waals surface area contributed by atoms with E-state index in [1.807, 2.05) is 24.3 Å². The van der Waals surface area contributed by atoms with E-state index >= 15 is 0 Å². The van der Waals surface area contributed by atoms with Crippen molar-refractivity contribution in [3.63, 3.8) is 0 Å². The number of amides is 1. The van der Waals surface area contributed by atoms with Gasteiger partial charge in [-0.05, 0) is 49.1 Å². The highest BCUT2D eigenvalue weighted by Crippen LogP contribution is 2.35. The second-order valence-corrected chi connectivity index (χ2v) is 6.74. The summed E-state index contributed by atoms with van der Waals surface area (Å²) < 4.78 is 13.6. The fourth-order valence-electron chi connectivity index (χ4n) is 3.94. The van der Waals surface area contributed by atoms with Gasteiger partial charge in [-0.2, -0.15) is 5.10 Å². The number of aromatic nitrogens is 3. The maximum Gasteiger partial charge on any atom is 0.272 e. The van der Waals surface area contributed by atoms with Crippen LogP contribution in [-0.4, -0.2) is 21.1 Å². The molecule has 5 nitrogen and oxygen atoms in total. The minimum absolute atomic E-state index is 0.128. The number of para-hydroxylation sites is 1. The molecule has 1 aliphatic carbocycles. The van der Waals surface area contributed by atoms with Gasteiger partial charge in [-0.25, -0.2) is 4.39 Å². The van der Waals surface area contributed by atoms with Crippen molar-refractivity contribution in [2.75, 3.05) is 0 Å². The minimum Gasteiger partial charge on any atom is -0.356 e. The van der Waals surface area contributed by atoms with Gasteiger partial charge in [-0.1, -0.05) is 18.2 Å². The molecule has 130 valence electrons. The number of halogens is 1. The van der Waals surface area contributed by atoms with Crippen LogP contribution in [0.2, 0.25) is 0 Å². The number of hydrogen-bond donors (Lipinski definition) is 3. The molecule has 1 amide bonds. The summed E-state index contributed by atoms with van der Waals surface area (Å²) in [5, 5.41) is 11.9. The number of carbonyl (C=O) groups excluding carboxylic acids is 1. The zero-order chi connectivity index (χ0) is 17.7. The van der Waals surface area contributed by atoms with Crippen molar-refractivity contribution in [1.29, 1.82) is 0 Å². The van der Waals surface area contributed by atoms with Crippen LogP contribution in [0.1, 0.15) is 40.6 Å². The van der Waals surface area contributed by atoms with E-state index in [-0.39, 0.29) is 17.8 Å². The largest absolute Gasteiger partial charge is 0.356 e. The van der Waals surface area contributed by atoms with E-state index in [4.69, 9.17) is 0 Å². The lowest BCUT2D eigenvalue weighted by Gasteiger charge is -2.23. The normalized spacial score (nSPS) is 16.7. The number of fused-ring (bicyclic) bond motifs is 4. The van der Waals surface area contributed by atoms with Gasteiger partial charge in [0.05, 0.1) is 11.6 Å². The van der Waals surface area contributed by atoms with Crippen LogP contribution in [0.3, 0.4) is 0 Å². The van der Waals surface area contributed by atoms with E-state index in [9.17, 15) is 9.18 Å². The Morgan fingerprint density at radius 2 is 2.04 bits per heavy atom. The highest BCUT2D eigenvalue weighted by atomic mass is 19.1. The van der Waals surface area contributed by atoms with E-state index in [1.165, 1.54) is 6.07 Å². The lowest BCUT2D eigenvalue weighted by molar-refractivity contribution is 0.0928. The van der Waals surface area contributed by atoms with E-state index in [0.29, 0.717) is 5.69 Å². The average molecular weight is 348 g/mol. The molecule has 26 heavy (non-hydrogen) atoms. The van der Waals surface area contributed by atoms with Crippen molar-refractivity contribution in [1.82, 2.24) is 20.5 Å². The molecule has 1 atom stereocenters. The molecule has 2 aromatic carbocycles. The van der Waals surface area contributed by atoms with Crippen LogP contribution in [-0.2, 0) is 6.42 Å². The Balaban J connectivity index is 1.50. The van der Waals surface area contributed by atoms with Gasteiger partial charge in [0.25, 0.3) is 5.91 Å². The van der Waals surface area contributed by atoms with Gasteiger partial charge in [-0.15, -0.1) is 0 Å². The Kier molecular flexibility index (Phi) is 3.31. The molecule has 2 heterocycles.